The minimum atomic E-state index is -4.73. The first-order chi connectivity index (χ1) is 11.4. The minimum Gasteiger partial charge on any atom is -0.347 e. The van der Waals surface area contributed by atoms with Gasteiger partial charge in [-0.25, -0.2) is 4.98 Å². The van der Waals surface area contributed by atoms with E-state index in [2.05, 4.69) is 10.3 Å². The molecule has 1 aromatic carbocycles. The second-order valence-electron chi connectivity index (χ2n) is 5.05. The molecule has 2 heterocycles. The van der Waals surface area contributed by atoms with E-state index in [1.54, 1.807) is 30.3 Å². The number of aromatic nitrogens is 2. The van der Waals surface area contributed by atoms with Crippen molar-refractivity contribution < 1.29 is 18.0 Å². The van der Waals surface area contributed by atoms with Gasteiger partial charge in [0.1, 0.15) is 11.3 Å². The van der Waals surface area contributed by atoms with Crippen LogP contribution in [0.5, 0.6) is 0 Å². The van der Waals surface area contributed by atoms with E-state index in [1.165, 1.54) is 18.3 Å². The Morgan fingerprint density at radius 2 is 2.00 bits per heavy atom. The molecule has 0 saturated carbocycles. The van der Waals surface area contributed by atoms with Gasteiger partial charge in [-0.05, 0) is 29.8 Å². The second-order valence-corrected chi connectivity index (χ2v) is 5.48. The Morgan fingerprint density at radius 3 is 2.71 bits per heavy atom. The van der Waals surface area contributed by atoms with Crippen molar-refractivity contribution in [2.45, 2.75) is 12.7 Å². The summed E-state index contributed by atoms with van der Waals surface area (Å²) >= 11 is 5.85. The Bertz CT molecular complexity index is 905. The van der Waals surface area contributed by atoms with Crippen molar-refractivity contribution >= 4 is 23.2 Å². The van der Waals surface area contributed by atoms with E-state index in [9.17, 15) is 18.0 Å². The molecular weight excluding hydrogens is 343 g/mol. The van der Waals surface area contributed by atoms with Crippen LogP contribution >= 0.6 is 11.6 Å². The SMILES string of the molecule is O=C(NCc1cccc(Cl)c1)c1c(C(F)(F)F)nc2ccccn12. The first-order valence-electron chi connectivity index (χ1n) is 6.93. The molecule has 0 fully saturated rings. The predicted molar refractivity (Wildman–Crippen MR) is 82.8 cm³/mol. The summed E-state index contributed by atoms with van der Waals surface area (Å²) in [4.78, 5) is 15.9. The third-order valence-corrected chi connectivity index (χ3v) is 3.59. The molecular formula is C16H11ClF3N3O. The summed E-state index contributed by atoms with van der Waals surface area (Å²) in [5.41, 5.74) is -1.02. The number of nitrogens with zero attached hydrogens (tertiary/aromatic N) is 2. The number of alkyl halides is 3. The molecule has 0 atom stereocenters. The number of benzene rings is 1. The summed E-state index contributed by atoms with van der Waals surface area (Å²) in [5.74, 6) is -0.860. The largest absolute Gasteiger partial charge is 0.435 e. The zero-order valence-electron chi connectivity index (χ0n) is 12.1. The zero-order valence-corrected chi connectivity index (χ0v) is 12.9. The number of hydrogen-bond acceptors (Lipinski definition) is 2. The van der Waals surface area contributed by atoms with E-state index in [4.69, 9.17) is 11.6 Å². The van der Waals surface area contributed by atoms with Gasteiger partial charge in [-0.2, -0.15) is 13.2 Å². The lowest BCUT2D eigenvalue weighted by Gasteiger charge is -2.09. The van der Waals surface area contributed by atoms with Gasteiger partial charge < -0.3 is 5.32 Å². The van der Waals surface area contributed by atoms with Gasteiger partial charge >= 0.3 is 6.18 Å². The molecule has 0 aliphatic rings. The molecule has 4 nitrogen and oxygen atoms in total. The molecule has 0 aliphatic heterocycles. The maximum atomic E-state index is 13.2. The molecule has 0 saturated heterocycles. The number of fused-ring (bicyclic) bond motifs is 1. The van der Waals surface area contributed by atoms with Crippen LogP contribution in [0.25, 0.3) is 5.65 Å². The fourth-order valence-electron chi connectivity index (χ4n) is 2.32. The predicted octanol–water partition coefficient (Wildman–Crippen LogP) is 3.94. The van der Waals surface area contributed by atoms with Crippen LogP contribution in [0.1, 0.15) is 21.7 Å². The zero-order chi connectivity index (χ0) is 17.3. The van der Waals surface area contributed by atoms with Crippen molar-refractivity contribution in [3.05, 3.63) is 70.6 Å². The number of carbonyl (C=O) groups is 1. The standard InChI is InChI=1S/C16H11ClF3N3O/c17-11-5-3-4-10(8-11)9-21-15(24)13-14(16(18,19)20)22-12-6-1-2-7-23(12)13/h1-8H,9H2,(H,21,24). The quantitative estimate of drug-likeness (QED) is 0.775. The van der Waals surface area contributed by atoms with Crippen molar-refractivity contribution in [3.8, 4) is 0 Å². The lowest BCUT2D eigenvalue weighted by Crippen LogP contribution is -2.27. The van der Waals surface area contributed by atoms with Gasteiger partial charge in [0.15, 0.2) is 5.69 Å². The van der Waals surface area contributed by atoms with E-state index in [1.807, 2.05) is 0 Å². The van der Waals surface area contributed by atoms with Gasteiger partial charge in [0.2, 0.25) is 0 Å². The molecule has 0 bridgehead atoms. The highest BCUT2D eigenvalue weighted by molar-refractivity contribution is 6.30. The Hall–Kier alpha value is -2.54. The molecule has 24 heavy (non-hydrogen) atoms. The van der Waals surface area contributed by atoms with Gasteiger partial charge in [-0.15, -0.1) is 0 Å². The molecule has 0 spiro atoms. The number of imidazole rings is 1. The molecule has 1 N–H and O–H groups in total. The average Bonchev–Trinajstić information content (AvgIpc) is 2.92. The van der Waals surface area contributed by atoms with E-state index in [0.717, 1.165) is 4.40 Å². The normalized spacial score (nSPS) is 11.7. The Morgan fingerprint density at radius 1 is 1.21 bits per heavy atom. The van der Waals surface area contributed by atoms with Crippen LogP contribution in [0.2, 0.25) is 5.02 Å². The summed E-state index contributed by atoms with van der Waals surface area (Å²) in [6.07, 6.45) is -3.36. The lowest BCUT2D eigenvalue weighted by atomic mass is 10.2. The topological polar surface area (TPSA) is 46.4 Å². The van der Waals surface area contributed by atoms with Crippen molar-refractivity contribution in [1.29, 1.82) is 0 Å². The number of halogens is 4. The molecule has 3 aromatic rings. The third kappa shape index (κ3) is 3.21. The van der Waals surface area contributed by atoms with Crippen molar-refractivity contribution in [2.75, 3.05) is 0 Å². The summed E-state index contributed by atoms with van der Waals surface area (Å²) in [6, 6.07) is 11.2. The Labute approximate surface area is 139 Å². The molecule has 0 radical (unpaired) electrons. The average molecular weight is 354 g/mol. The van der Waals surface area contributed by atoms with Gasteiger partial charge in [0.05, 0.1) is 0 Å². The minimum absolute atomic E-state index is 0.0523. The highest BCUT2D eigenvalue weighted by atomic mass is 35.5. The van der Waals surface area contributed by atoms with Crippen molar-refractivity contribution in [3.63, 3.8) is 0 Å². The first kappa shape index (κ1) is 16.3. The number of nitrogens with one attached hydrogen (secondary N) is 1. The number of rotatable bonds is 3. The Kier molecular flexibility index (Phi) is 4.19. The van der Waals surface area contributed by atoms with Crippen LogP contribution in [0.4, 0.5) is 13.2 Å². The number of carbonyl (C=O) groups excluding carboxylic acids is 1. The van der Waals surface area contributed by atoms with E-state index in [0.29, 0.717) is 10.6 Å². The summed E-state index contributed by atoms with van der Waals surface area (Å²) in [5, 5.41) is 2.95. The van der Waals surface area contributed by atoms with Gasteiger partial charge in [-0.1, -0.05) is 29.8 Å². The van der Waals surface area contributed by atoms with Crippen LogP contribution in [0, 0.1) is 0 Å². The monoisotopic (exact) mass is 353 g/mol. The highest BCUT2D eigenvalue weighted by Gasteiger charge is 2.40. The second kappa shape index (κ2) is 6.16. The maximum absolute atomic E-state index is 13.2. The molecule has 0 unspecified atom stereocenters. The van der Waals surface area contributed by atoms with Crippen LogP contribution in [0.3, 0.4) is 0 Å². The fraction of sp³-hybridized carbons (Fsp3) is 0.125. The van der Waals surface area contributed by atoms with Crippen molar-refractivity contribution in [2.24, 2.45) is 0 Å². The first-order valence-corrected chi connectivity index (χ1v) is 7.31. The van der Waals surface area contributed by atoms with Crippen LogP contribution < -0.4 is 5.32 Å². The van der Waals surface area contributed by atoms with E-state index < -0.39 is 23.5 Å². The summed E-state index contributed by atoms with van der Waals surface area (Å²) < 4.78 is 40.7. The smallest absolute Gasteiger partial charge is 0.347 e. The molecule has 8 heteroatoms. The summed E-state index contributed by atoms with van der Waals surface area (Å²) in [6.45, 7) is 0.0523. The molecule has 1 amide bonds. The number of pyridine rings is 1. The van der Waals surface area contributed by atoms with Gasteiger partial charge in [0, 0.05) is 17.8 Å². The molecule has 3 rings (SSSR count). The molecule has 2 aromatic heterocycles. The van der Waals surface area contributed by atoms with Crippen LogP contribution in [-0.4, -0.2) is 15.3 Å². The molecule has 0 aliphatic carbocycles. The van der Waals surface area contributed by atoms with Crippen molar-refractivity contribution in [1.82, 2.24) is 14.7 Å². The van der Waals surface area contributed by atoms with E-state index >= 15 is 0 Å². The number of amides is 1. The highest BCUT2D eigenvalue weighted by Crippen LogP contribution is 2.31. The van der Waals surface area contributed by atoms with Crippen LogP contribution in [0.15, 0.2) is 48.7 Å². The third-order valence-electron chi connectivity index (χ3n) is 3.36. The van der Waals surface area contributed by atoms with Gasteiger partial charge in [-0.3, -0.25) is 9.20 Å². The fourth-order valence-corrected chi connectivity index (χ4v) is 2.54. The summed E-state index contributed by atoms with van der Waals surface area (Å²) in [7, 11) is 0. The Balaban J connectivity index is 1.94. The van der Waals surface area contributed by atoms with E-state index in [-0.39, 0.29) is 12.2 Å². The molecule has 124 valence electrons. The lowest BCUT2D eigenvalue weighted by molar-refractivity contribution is -0.141. The van der Waals surface area contributed by atoms with Gasteiger partial charge in [0.25, 0.3) is 5.91 Å². The maximum Gasteiger partial charge on any atom is 0.435 e. The number of hydrogen-bond donors (Lipinski definition) is 1. The van der Waals surface area contributed by atoms with Crippen LogP contribution in [-0.2, 0) is 12.7 Å².